The lowest BCUT2D eigenvalue weighted by Gasteiger charge is -2.52. The number of hydrogen-bond donors (Lipinski definition) is 2. The summed E-state index contributed by atoms with van der Waals surface area (Å²) < 4.78 is 5.81. The summed E-state index contributed by atoms with van der Waals surface area (Å²) in [6, 6.07) is 0.622. The van der Waals surface area contributed by atoms with Gasteiger partial charge in [0.1, 0.15) is 0 Å². The van der Waals surface area contributed by atoms with Crippen LogP contribution in [0.3, 0.4) is 0 Å². The molecule has 0 amide bonds. The van der Waals surface area contributed by atoms with Crippen molar-refractivity contribution in [3.05, 3.63) is 0 Å². The van der Waals surface area contributed by atoms with Gasteiger partial charge in [-0.15, -0.1) is 0 Å². The molecule has 2 aliphatic carbocycles. The Morgan fingerprint density at radius 2 is 1.85 bits per heavy atom. The molecule has 2 saturated carbocycles. The molecule has 2 unspecified atom stereocenters. The van der Waals surface area contributed by atoms with Gasteiger partial charge in [0.2, 0.25) is 0 Å². The van der Waals surface area contributed by atoms with Crippen LogP contribution in [0.5, 0.6) is 0 Å². The molecule has 118 valence electrons. The molecule has 0 aliphatic heterocycles. The molecule has 20 heavy (non-hydrogen) atoms. The Morgan fingerprint density at radius 1 is 1.15 bits per heavy atom. The third-order valence-corrected chi connectivity index (χ3v) is 5.88. The minimum atomic E-state index is 0.287. The van der Waals surface area contributed by atoms with Crippen molar-refractivity contribution in [3.63, 3.8) is 0 Å². The lowest BCUT2D eigenvalue weighted by molar-refractivity contribution is -0.114. The first-order chi connectivity index (χ1) is 9.54. The van der Waals surface area contributed by atoms with Crippen molar-refractivity contribution in [2.24, 2.45) is 5.41 Å². The van der Waals surface area contributed by atoms with Crippen LogP contribution in [-0.2, 0) is 4.74 Å². The molecule has 2 fully saturated rings. The maximum Gasteiger partial charge on any atom is 0.0655 e. The SMILES string of the molecule is CCOC1CC(NCCC2(NC)CCCCC2)C1(C)C. The maximum absolute atomic E-state index is 5.81. The van der Waals surface area contributed by atoms with Gasteiger partial charge in [-0.05, 0) is 46.2 Å². The first kappa shape index (κ1) is 16.3. The van der Waals surface area contributed by atoms with Crippen LogP contribution in [0.15, 0.2) is 0 Å². The number of ether oxygens (including phenoxy) is 1. The highest BCUT2D eigenvalue weighted by Crippen LogP contribution is 2.42. The highest BCUT2D eigenvalue weighted by molar-refractivity contribution is 5.03. The van der Waals surface area contributed by atoms with Gasteiger partial charge in [0.05, 0.1) is 6.10 Å². The summed E-state index contributed by atoms with van der Waals surface area (Å²) in [5, 5.41) is 7.40. The average Bonchev–Trinajstić information content (AvgIpc) is 2.46. The van der Waals surface area contributed by atoms with E-state index in [9.17, 15) is 0 Å². The molecule has 0 saturated heterocycles. The summed E-state index contributed by atoms with van der Waals surface area (Å²) in [4.78, 5) is 0. The normalized spacial score (nSPS) is 31.8. The van der Waals surface area contributed by atoms with E-state index in [-0.39, 0.29) is 5.41 Å². The van der Waals surface area contributed by atoms with Crippen molar-refractivity contribution in [2.75, 3.05) is 20.2 Å². The molecule has 3 heteroatoms. The zero-order chi connectivity index (χ0) is 14.6. The minimum Gasteiger partial charge on any atom is -0.378 e. The second kappa shape index (κ2) is 6.76. The van der Waals surface area contributed by atoms with Gasteiger partial charge in [-0.2, -0.15) is 0 Å². The fourth-order valence-electron chi connectivity index (χ4n) is 4.06. The summed E-state index contributed by atoms with van der Waals surface area (Å²) in [5.74, 6) is 0. The molecule has 2 rings (SSSR count). The Kier molecular flexibility index (Phi) is 5.49. The highest BCUT2D eigenvalue weighted by atomic mass is 16.5. The van der Waals surface area contributed by atoms with Gasteiger partial charge in [-0.25, -0.2) is 0 Å². The van der Waals surface area contributed by atoms with Crippen LogP contribution in [-0.4, -0.2) is 37.9 Å². The number of nitrogens with one attached hydrogen (secondary N) is 2. The minimum absolute atomic E-state index is 0.287. The summed E-state index contributed by atoms with van der Waals surface area (Å²) in [6.07, 6.45) is 9.77. The fraction of sp³-hybridized carbons (Fsp3) is 1.00. The Hall–Kier alpha value is -0.120. The lowest BCUT2D eigenvalue weighted by Crippen LogP contribution is -2.61. The van der Waals surface area contributed by atoms with E-state index in [1.807, 2.05) is 0 Å². The van der Waals surface area contributed by atoms with Crippen LogP contribution >= 0.6 is 0 Å². The molecule has 2 aliphatic rings. The van der Waals surface area contributed by atoms with Gasteiger partial charge in [0.25, 0.3) is 0 Å². The van der Waals surface area contributed by atoms with Crippen molar-refractivity contribution in [1.82, 2.24) is 10.6 Å². The largest absolute Gasteiger partial charge is 0.378 e. The molecule has 3 nitrogen and oxygen atoms in total. The van der Waals surface area contributed by atoms with E-state index < -0.39 is 0 Å². The first-order valence-electron chi connectivity index (χ1n) is 8.58. The summed E-state index contributed by atoms with van der Waals surface area (Å²) in [5.41, 5.74) is 0.688. The summed E-state index contributed by atoms with van der Waals surface area (Å²) in [7, 11) is 2.14. The third-order valence-electron chi connectivity index (χ3n) is 5.88. The highest BCUT2D eigenvalue weighted by Gasteiger charge is 2.48. The molecule has 0 aromatic rings. The van der Waals surface area contributed by atoms with Crippen molar-refractivity contribution in [3.8, 4) is 0 Å². The maximum atomic E-state index is 5.81. The van der Waals surface area contributed by atoms with Crippen LogP contribution in [0.4, 0.5) is 0 Å². The zero-order valence-electron chi connectivity index (χ0n) is 13.9. The van der Waals surface area contributed by atoms with E-state index in [0.717, 1.165) is 13.2 Å². The van der Waals surface area contributed by atoms with Crippen LogP contribution in [0.25, 0.3) is 0 Å². The summed E-state index contributed by atoms with van der Waals surface area (Å²) >= 11 is 0. The predicted molar refractivity (Wildman–Crippen MR) is 85.1 cm³/mol. The molecule has 2 N–H and O–H groups in total. The van der Waals surface area contributed by atoms with Gasteiger partial charge in [0.15, 0.2) is 0 Å². The Balaban J connectivity index is 1.73. The molecule has 0 spiro atoms. The Bertz CT molecular complexity index is 297. The Morgan fingerprint density at radius 3 is 2.40 bits per heavy atom. The average molecular weight is 282 g/mol. The van der Waals surface area contributed by atoms with Gasteiger partial charge < -0.3 is 15.4 Å². The van der Waals surface area contributed by atoms with E-state index in [1.165, 1.54) is 44.9 Å². The topological polar surface area (TPSA) is 33.3 Å². The van der Waals surface area contributed by atoms with Gasteiger partial charge in [0, 0.05) is 23.6 Å². The summed E-state index contributed by atoms with van der Waals surface area (Å²) in [6.45, 7) is 8.74. The second-order valence-electron chi connectivity index (χ2n) is 7.35. The van der Waals surface area contributed by atoms with Crippen molar-refractivity contribution in [2.45, 2.75) is 83.4 Å². The van der Waals surface area contributed by atoms with E-state index in [2.05, 4.69) is 38.5 Å². The fourth-order valence-corrected chi connectivity index (χ4v) is 4.06. The van der Waals surface area contributed by atoms with Gasteiger partial charge in [-0.3, -0.25) is 0 Å². The van der Waals surface area contributed by atoms with Crippen LogP contribution in [0, 0.1) is 5.41 Å². The molecular formula is C17H34N2O. The van der Waals surface area contributed by atoms with Gasteiger partial charge >= 0.3 is 0 Å². The van der Waals surface area contributed by atoms with E-state index in [0.29, 0.717) is 17.7 Å². The number of rotatable bonds is 7. The van der Waals surface area contributed by atoms with Crippen molar-refractivity contribution < 1.29 is 4.74 Å². The Labute approximate surface area is 125 Å². The monoisotopic (exact) mass is 282 g/mol. The first-order valence-corrected chi connectivity index (χ1v) is 8.58. The molecule has 0 aromatic carbocycles. The molecule has 2 atom stereocenters. The predicted octanol–water partition coefficient (Wildman–Crippen LogP) is 3.09. The number of hydrogen-bond acceptors (Lipinski definition) is 3. The molecule has 0 heterocycles. The molecule has 0 bridgehead atoms. The quantitative estimate of drug-likeness (QED) is 0.753. The van der Waals surface area contributed by atoms with Crippen molar-refractivity contribution in [1.29, 1.82) is 0 Å². The van der Waals surface area contributed by atoms with Crippen LogP contribution < -0.4 is 10.6 Å². The van der Waals surface area contributed by atoms with E-state index >= 15 is 0 Å². The van der Waals surface area contributed by atoms with Crippen molar-refractivity contribution >= 4 is 0 Å². The molecule has 0 aromatic heterocycles. The van der Waals surface area contributed by atoms with E-state index in [4.69, 9.17) is 4.74 Å². The zero-order valence-corrected chi connectivity index (χ0v) is 13.9. The second-order valence-corrected chi connectivity index (χ2v) is 7.35. The standard InChI is InChI=1S/C17H34N2O/c1-5-20-15-13-14(16(15,2)3)19-12-11-17(18-4)9-7-6-8-10-17/h14-15,18-19H,5-13H2,1-4H3. The lowest BCUT2D eigenvalue weighted by atomic mass is 9.64. The molecule has 0 radical (unpaired) electrons. The van der Waals surface area contributed by atoms with E-state index in [1.54, 1.807) is 0 Å². The molecular weight excluding hydrogens is 248 g/mol. The van der Waals surface area contributed by atoms with Gasteiger partial charge in [-0.1, -0.05) is 33.1 Å². The third kappa shape index (κ3) is 3.37. The smallest absolute Gasteiger partial charge is 0.0655 e. The van der Waals surface area contributed by atoms with Crippen LogP contribution in [0.1, 0.15) is 65.7 Å². The van der Waals surface area contributed by atoms with Crippen LogP contribution in [0.2, 0.25) is 0 Å².